The predicted molar refractivity (Wildman–Crippen MR) is 66.5 cm³/mol. The van der Waals surface area contributed by atoms with E-state index >= 15 is 0 Å². The molecule has 0 unspecified atom stereocenters. The largest absolute Gasteiger partial charge is 0.469 e. The number of hydrogen-bond acceptors (Lipinski definition) is 4. The van der Waals surface area contributed by atoms with Crippen LogP contribution in [-0.2, 0) is 16.0 Å². The van der Waals surface area contributed by atoms with E-state index < -0.39 is 11.5 Å². The van der Waals surface area contributed by atoms with Crippen molar-refractivity contribution in [3.05, 3.63) is 27.7 Å². The number of thioether (sulfide) groups is 1. The second kappa shape index (κ2) is 6.30. The van der Waals surface area contributed by atoms with Crippen molar-refractivity contribution in [1.82, 2.24) is 0 Å². The van der Waals surface area contributed by atoms with E-state index in [0.717, 1.165) is 7.11 Å². The van der Waals surface area contributed by atoms with E-state index in [1.54, 1.807) is 6.07 Å². The zero-order valence-electron chi connectivity index (χ0n) is 9.55. The molecule has 0 N–H and O–H groups in total. The van der Waals surface area contributed by atoms with Gasteiger partial charge in [-0.2, -0.15) is 18.4 Å². The quantitative estimate of drug-likeness (QED) is 0.614. The Morgan fingerprint density at radius 2 is 2.16 bits per heavy atom. The number of benzene rings is 1. The Morgan fingerprint density at radius 3 is 2.63 bits per heavy atom. The maximum atomic E-state index is 12.4. The number of methoxy groups -OCH3 is 1. The summed E-state index contributed by atoms with van der Waals surface area (Å²) in [5.74, 6) is -0.627. The van der Waals surface area contributed by atoms with Crippen LogP contribution in [0.4, 0.5) is 13.2 Å². The van der Waals surface area contributed by atoms with Gasteiger partial charge in [0, 0.05) is 9.37 Å². The number of esters is 1. The number of alkyl halides is 3. The average molecular weight is 354 g/mol. The van der Waals surface area contributed by atoms with E-state index in [0.29, 0.717) is 4.47 Å². The van der Waals surface area contributed by atoms with Gasteiger partial charge in [0.1, 0.15) is 6.07 Å². The van der Waals surface area contributed by atoms with Gasteiger partial charge in [0.2, 0.25) is 0 Å². The Labute approximate surface area is 119 Å². The van der Waals surface area contributed by atoms with E-state index in [-0.39, 0.29) is 34.2 Å². The molecule has 0 heterocycles. The number of carbonyl (C=O) groups is 1. The average Bonchev–Trinajstić information content (AvgIpc) is 2.26. The van der Waals surface area contributed by atoms with E-state index in [4.69, 9.17) is 5.26 Å². The second-order valence-electron chi connectivity index (χ2n) is 3.35. The summed E-state index contributed by atoms with van der Waals surface area (Å²) >= 11 is 2.66. The summed E-state index contributed by atoms with van der Waals surface area (Å²) in [6.07, 6.45) is -0.260. The van der Waals surface area contributed by atoms with Crippen LogP contribution in [0.15, 0.2) is 21.5 Å². The summed E-state index contributed by atoms with van der Waals surface area (Å²) in [4.78, 5) is 10.9. The molecule has 0 aliphatic rings. The second-order valence-corrected chi connectivity index (χ2v) is 5.37. The van der Waals surface area contributed by atoms with Gasteiger partial charge in [0.05, 0.1) is 19.1 Å². The van der Waals surface area contributed by atoms with Gasteiger partial charge in [-0.15, -0.1) is 0 Å². The minimum Gasteiger partial charge on any atom is -0.469 e. The van der Waals surface area contributed by atoms with Crippen LogP contribution in [0.1, 0.15) is 11.1 Å². The molecule has 0 radical (unpaired) electrons. The molecule has 1 aromatic carbocycles. The van der Waals surface area contributed by atoms with Gasteiger partial charge in [0.25, 0.3) is 0 Å². The van der Waals surface area contributed by atoms with Crippen molar-refractivity contribution in [2.45, 2.75) is 16.8 Å². The number of rotatable bonds is 3. The third-order valence-corrected chi connectivity index (χ3v) is 3.28. The van der Waals surface area contributed by atoms with E-state index in [1.165, 1.54) is 12.1 Å². The predicted octanol–water partition coefficient (Wildman–Crippen LogP) is 3.65. The van der Waals surface area contributed by atoms with Gasteiger partial charge in [-0.1, -0.05) is 15.9 Å². The number of nitrogens with zero attached hydrogens (tertiary/aromatic N) is 1. The molecule has 19 heavy (non-hydrogen) atoms. The minimum absolute atomic E-state index is 0.170. The zero-order chi connectivity index (χ0) is 14.6. The highest BCUT2D eigenvalue weighted by Gasteiger charge is 2.31. The zero-order valence-corrected chi connectivity index (χ0v) is 11.9. The molecule has 3 nitrogen and oxygen atoms in total. The number of ether oxygens (including phenoxy) is 1. The summed E-state index contributed by atoms with van der Waals surface area (Å²) in [6, 6.07) is 4.31. The van der Waals surface area contributed by atoms with Gasteiger partial charge in [-0.25, -0.2) is 0 Å². The van der Waals surface area contributed by atoms with Crippen molar-refractivity contribution in [2.75, 3.05) is 7.11 Å². The van der Waals surface area contributed by atoms with Crippen molar-refractivity contribution in [1.29, 1.82) is 5.26 Å². The van der Waals surface area contributed by atoms with Crippen LogP contribution in [0.25, 0.3) is 0 Å². The summed E-state index contributed by atoms with van der Waals surface area (Å²) in [5.41, 5.74) is -4.49. The van der Waals surface area contributed by atoms with Gasteiger partial charge < -0.3 is 4.74 Å². The van der Waals surface area contributed by atoms with Crippen LogP contribution in [-0.4, -0.2) is 18.6 Å². The van der Waals surface area contributed by atoms with Gasteiger partial charge in [-0.05, 0) is 29.5 Å². The Bertz CT molecular complexity index is 540. The van der Waals surface area contributed by atoms with Gasteiger partial charge >= 0.3 is 11.5 Å². The topological polar surface area (TPSA) is 50.1 Å². The molecule has 0 saturated heterocycles. The Hall–Kier alpha value is -1.20. The van der Waals surface area contributed by atoms with E-state index in [2.05, 4.69) is 20.7 Å². The van der Waals surface area contributed by atoms with Crippen molar-refractivity contribution >= 4 is 33.7 Å². The third kappa shape index (κ3) is 4.76. The first-order valence-corrected chi connectivity index (χ1v) is 6.43. The summed E-state index contributed by atoms with van der Waals surface area (Å²) < 4.78 is 42.0. The number of hydrogen-bond donors (Lipinski definition) is 0. The highest BCUT2D eigenvalue weighted by Crippen LogP contribution is 2.40. The van der Waals surface area contributed by atoms with Crippen molar-refractivity contribution in [3.63, 3.8) is 0 Å². The van der Waals surface area contributed by atoms with Crippen LogP contribution in [0.3, 0.4) is 0 Å². The molecule has 0 fully saturated rings. The summed E-state index contributed by atoms with van der Waals surface area (Å²) in [6.45, 7) is 0. The lowest BCUT2D eigenvalue weighted by molar-refractivity contribution is -0.139. The van der Waals surface area contributed by atoms with Crippen LogP contribution in [0, 0.1) is 11.3 Å². The normalized spacial score (nSPS) is 10.9. The standard InChI is InChI=1S/C11H7BrF3NO2S/c1-18-10(17)3-6-2-7(12)4-9(8(6)5-16)19-11(13,14)15/h2,4H,3H2,1H3. The van der Waals surface area contributed by atoms with E-state index in [9.17, 15) is 18.0 Å². The van der Waals surface area contributed by atoms with Crippen molar-refractivity contribution < 1.29 is 22.7 Å². The molecule has 102 valence electrons. The molecule has 1 rings (SSSR count). The molecule has 0 aliphatic carbocycles. The Balaban J connectivity index is 3.25. The lowest BCUT2D eigenvalue weighted by Crippen LogP contribution is -2.08. The molecule has 0 atom stereocenters. The molecule has 0 bridgehead atoms. The fourth-order valence-corrected chi connectivity index (χ4v) is 2.71. The lowest BCUT2D eigenvalue weighted by Gasteiger charge is -2.11. The monoisotopic (exact) mass is 353 g/mol. The molecule has 0 saturated carbocycles. The lowest BCUT2D eigenvalue weighted by atomic mass is 10.1. The van der Waals surface area contributed by atoms with Gasteiger partial charge in [0.15, 0.2) is 0 Å². The maximum absolute atomic E-state index is 12.4. The molecule has 1 aromatic rings. The minimum atomic E-state index is -4.51. The number of halogens is 4. The fourth-order valence-electron chi connectivity index (χ4n) is 1.34. The molecular formula is C11H7BrF3NO2S. The first-order chi connectivity index (χ1) is 8.76. The maximum Gasteiger partial charge on any atom is 0.446 e. The van der Waals surface area contributed by atoms with E-state index in [1.807, 2.05) is 0 Å². The van der Waals surface area contributed by atoms with Crippen LogP contribution in [0.2, 0.25) is 0 Å². The molecular weight excluding hydrogens is 347 g/mol. The first-order valence-electron chi connectivity index (χ1n) is 4.82. The number of nitriles is 1. The fraction of sp³-hybridized carbons (Fsp3) is 0.273. The van der Waals surface area contributed by atoms with Crippen molar-refractivity contribution in [2.24, 2.45) is 0 Å². The smallest absolute Gasteiger partial charge is 0.446 e. The highest BCUT2D eigenvalue weighted by atomic mass is 79.9. The van der Waals surface area contributed by atoms with Crippen LogP contribution < -0.4 is 0 Å². The third-order valence-electron chi connectivity index (χ3n) is 2.05. The molecule has 0 spiro atoms. The SMILES string of the molecule is COC(=O)Cc1cc(Br)cc(SC(F)(F)F)c1C#N. The summed E-state index contributed by atoms with van der Waals surface area (Å²) in [5, 5.41) is 8.97. The molecule has 8 heteroatoms. The van der Waals surface area contributed by atoms with Crippen LogP contribution >= 0.6 is 27.7 Å². The van der Waals surface area contributed by atoms with Crippen LogP contribution in [0.5, 0.6) is 0 Å². The summed E-state index contributed by atoms with van der Waals surface area (Å²) in [7, 11) is 1.16. The van der Waals surface area contributed by atoms with Gasteiger partial charge in [-0.3, -0.25) is 4.79 Å². The molecule has 0 aliphatic heterocycles. The first kappa shape index (κ1) is 15.9. The Morgan fingerprint density at radius 1 is 1.53 bits per heavy atom. The number of carbonyl (C=O) groups excluding carboxylic acids is 1. The molecule has 0 amide bonds. The van der Waals surface area contributed by atoms with Crippen molar-refractivity contribution in [3.8, 4) is 6.07 Å². The Kier molecular flexibility index (Phi) is 5.26. The molecule has 0 aromatic heterocycles. The highest BCUT2D eigenvalue weighted by molar-refractivity contribution is 9.10.